The SMILES string of the molecule is COc1cc(-c2nccc(-c3cccc(NC(=O)c4ccc(CNC[C@@H]5CCC(=O)N5)cn4)c3C)c2Cl)ccc1CNC[C@@H]1CCC(=O)N1. The Hall–Kier alpha value is -4.84. The highest BCUT2D eigenvalue weighted by Gasteiger charge is 2.22. The minimum atomic E-state index is -0.315. The van der Waals surface area contributed by atoms with E-state index in [1.54, 1.807) is 25.6 Å². The first kappa shape index (κ1) is 34.0. The molecule has 4 heterocycles. The third-order valence-corrected chi connectivity index (χ3v) is 9.36. The van der Waals surface area contributed by atoms with Crippen molar-refractivity contribution < 1.29 is 19.1 Å². The Balaban J connectivity index is 1.12. The van der Waals surface area contributed by atoms with Gasteiger partial charge in [0.05, 0.1) is 17.8 Å². The normalized spacial score (nSPS) is 17.1. The topological polar surface area (TPSA) is 146 Å². The molecule has 2 aromatic heterocycles. The zero-order valence-electron chi connectivity index (χ0n) is 27.6. The van der Waals surface area contributed by atoms with Gasteiger partial charge in [-0.2, -0.15) is 0 Å². The van der Waals surface area contributed by atoms with Crippen LogP contribution in [-0.4, -0.2) is 60.0 Å². The lowest BCUT2D eigenvalue weighted by Crippen LogP contribution is -2.35. The lowest BCUT2D eigenvalue weighted by Gasteiger charge is -2.16. The standard InChI is InChI=1S/C37H40ClN7O4/c1-22-28(4-3-5-30(22)45-37(48)31-11-6-23(18-42-31)17-39-20-26-9-12-33(46)43-26)29-14-15-41-36(35(29)38)24-7-8-25(32(16-24)49-2)19-40-21-27-10-13-34(47)44-27/h3-8,11,14-16,18,26-27,39-40H,9-10,12-13,17,19-21H2,1-2H3,(H,43,46)(H,44,47)(H,45,48)/t26-,27-/m0/s1. The molecule has 0 bridgehead atoms. The van der Waals surface area contributed by atoms with Gasteiger partial charge in [0.15, 0.2) is 0 Å². The largest absolute Gasteiger partial charge is 0.496 e. The molecule has 2 saturated heterocycles. The van der Waals surface area contributed by atoms with Crippen LogP contribution in [-0.2, 0) is 22.7 Å². The van der Waals surface area contributed by atoms with E-state index >= 15 is 0 Å². The Morgan fingerprint density at radius 3 is 2.31 bits per heavy atom. The average molecular weight is 682 g/mol. The van der Waals surface area contributed by atoms with Gasteiger partial charge in [0.1, 0.15) is 11.4 Å². The molecular weight excluding hydrogens is 642 g/mol. The van der Waals surface area contributed by atoms with E-state index in [0.717, 1.165) is 46.2 Å². The molecule has 2 aliphatic heterocycles. The first-order valence-electron chi connectivity index (χ1n) is 16.5. The molecule has 49 heavy (non-hydrogen) atoms. The van der Waals surface area contributed by atoms with E-state index < -0.39 is 0 Å². The maximum atomic E-state index is 13.2. The summed E-state index contributed by atoms with van der Waals surface area (Å²) >= 11 is 7.03. The molecule has 5 N–H and O–H groups in total. The molecule has 12 heteroatoms. The highest BCUT2D eigenvalue weighted by Crippen LogP contribution is 2.39. The summed E-state index contributed by atoms with van der Waals surface area (Å²) in [5, 5.41) is 16.2. The molecule has 3 amide bonds. The summed E-state index contributed by atoms with van der Waals surface area (Å²) < 4.78 is 5.71. The molecule has 0 unspecified atom stereocenters. The predicted octanol–water partition coefficient (Wildman–Crippen LogP) is 4.77. The summed E-state index contributed by atoms with van der Waals surface area (Å²) in [6.07, 6.45) is 6.24. The Morgan fingerprint density at radius 1 is 0.918 bits per heavy atom. The number of hydrogen-bond donors (Lipinski definition) is 5. The van der Waals surface area contributed by atoms with E-state index in [4.69, 9.17) is 16.3 Å². The fourth-order valence-corrected chi connectivity index (χ4v) is 6.56. The molecule has 0 aliphatic carbocycles. The Labute approximate surface area is 290 Å². The second kappa shape index (κ2) is 15.6. The lowest BCUT2D eigenvalue weighted by molar-refractivity contribution is -0.120. The van der Waals surface area contributed by atoms with Gasteiger partial charge in [-0.05, 0) is 60.7 Å². The van der Waals surface area contributed by atoms with Crippen LogP contribution in [0.2, 0.25) is 5.02 Å². The lowest BCUT2D eigenvalue weighted by atomic mass is 9.97. The smallest absolute Gasteiger partial charge is 0.274 e. The molecule has 2 atom stereocenters. The monoisotopic (exact) mass is 681 g/mol. The summed E-state index contributed by atoms with van der Waals surface area (Å²) in [5.41, 5.74) is 6.82. The maximum Gasteiger partial charge on any atom is 0.274 e. The molecular formula is C37H40ClN7O4. The van der Waals surface area contributed by atoms with E-state index in [1.165, 1.54) is 0 Å². The summed E-state index contributed by atoms with van der Waals surface area (Å²) in [6.45, 7) is 4.50. The molecule has 6 rings (SSSR count). The van der Waals surface area contributed by atoms with Crippen LogP contribution in [0.3, 0.4) is 0 Å². The summed E-state index contributed by atoms with van der Waals surface area (Å²) in [6, 6.07) is 17.3. The highest BCUT2D eigenvalue weighted by molar-refractivity contribution is 6.35. The van der Waals surface area contributed by atoms with E-state index in [-0.39, 0.29) is 29.8 Å². The van der Waals surface area contributed by atoms with Crippen LogP contribution in [0, 0.1) is 6.92 Å². The van der Waals surface area contributed by atoms with Crippen LogP contribution in [0.1, 0.15) is 52.9 Å². The van der Waals surface area contributed by atoms with E-state index in [2.05, 4.69) is 36.6 Å². The third kappa shape index (κ3) is 8.25. The van der Waals surface area contributed by atoms with E-state index in [0.29, 0.717) is 66.9 Å². The van der Waals surface area contributed by atoms with Crippen LogP contribution in [0.15, 0.2) is 67.0 Å². The van der Waals surface area contributed by atoms with Gasteiger partial charge >= 0.3 is 0 Å². The number of benzene rings is 2. The van der Waals surface area contributed by atoms with Crippen molar-refractivity contribution in [3.63, 3.8) is 0 Å². The van der Waals surface area contributed by atoms with Crippen LogP contribution in [0.5, 0.6) is 5.75 Å². The number of amides is 3. The first-order valence-corrected chi connectivity index (χ1v) is 16.8. The molecule has 254 valence electrons. The number of carbonyl (C=O) groups is 3. The zero-order valence-corrected chi connectivity index (χ0v) is 28.3. The summed E-state index contributed by atoms with van der Waals surface area (Å²) in [7, 11) is 1.64. The number of carbonyl (C=O) groups excluding carboxylic acids is 3. The van der Waals surface area contributed by atoms with E-state index in [9.17, 15) is 14.4 Å². The van der Waals surface area contributed by atoms with Crippen molar-refractivity contribution in [1.29, 1.82) is 0 Å². The fourth-order valence-electron chi connectivity index (χ4n) is 6.24. The van der Waals surface area contributed by atoms with Crippen molar-refractivity contribution in [2.75, 3.05) is 25.5 Å². The van der Waals surface area contributed by atoms with Crippen LogP contribution in [0.4, 0.5) is 5.69 Å². The van der Waals surface area contributed by atoms with E-state index in [1.807, 2.05) is 55.5 Å². The van der Waals surface area contributed by atoms with Gasteiger partial charge in [0.25, 0.3) is 5.91 Å². The molecule has 2 aliphatic rings. The molecule has 0 saturated carbocycles. The second-order valence-electron chi connectivity index (χ2n) is 12.4. The van der Waals surface area contributed by atoms with Crippen molar-refractivity contribution in [1.82, 2.24) is 31.2 Å². The Morgan fingerprint density at radius 2 is 1.65 bits per heavy atom. The van der Waals surface area contributed by atoms with Gasteiger partial charge < -0.3 is 31.3 Å². The van der Waals surface area contributed by atoms with Gasteiger partial charge in [-0.3, -0.25) is 24.4 Å². The molecule has 0 spiro atoms. The van der Waals surface area contributed by atoms with Crippen LogP contribution < -0.4 is 31.3 Å². The van der Waals surface area contributed by atoms with Gasteiger partial charge in [0.2, 0.25) is 11.8 Å². The van der Waals surface area contributed by atoms with Gasteiger partial charge in [-0.25, -0.2) is 0 Å². The molecule has 11 nitrogen and oxygen atoms in total. The number of rotatable bonds is 13. The van der Waals surface area contributed by atoms with Crippen molar-refractivity contribution in [2.45, 2.75) is 57.8 Å². The minimum Gasteiger partial charge on any atom is -0.496 e. The van der Waals surface area contributed by atoms with Gasteiger partial charge in [0, 0.05) is 85.9 Å². The fraction of sp³-hybridized carbons (Fsp3) is 0.324. The number of aromatic nitrogens is 2. The van der Waals surface area contributed by atoms with Crippen LogP contribution in [0.25, 0.3) is 22.4 Å². The minimum absolute atomic E-state index is 0.0965. The van der Waals surface area contributed by atoms with Crippen LogP contribution >= 0.6 is 11.6 Å². The summed E-state index contributed by atoms with van der Waals surface area (Å²) in [4.78, 5) is 45.1. The number of ether oxygens (including phenoxy) is 1. The molecule has 0 radical (unpaired) electrons. The number of nitrogens with one attached hydrogen (secondary N) is 5. The third-order valence-electron chi connectivity index (χ3n) is 8.98. The predicted molar refractivity (Wildman–Crippen MR) is 189 cm³/mol. The Bertz CT molecular complexity index is 1850. The van der Waals surface area contributed by atoms with Crippen molar-refractivity contribution in [3.05, 3.63) is 94.4 Å². The van der Waals surface area contributed by atoms with Crippen molar-refractivity contribution >= 4 is 35.0 Å². The summed E-state index contributed by atoms with van der Waals surface area (Å²) in [5.74, 6) is 0.592. The number of hydrogen-bond acceptors (Lipinski definition) is 8. The number of pyridine rings is 2. The zero-order chi connectivity index (χ0) is 34.3. The number of nitrogens with zero attached hydrogens (tertiary/aromatic N) is 2. The Kier molecular flexibility index (Phi) is 10.8. The van der Waals surface area contributed by atoms with Crippen molar-refractivity contribution in [2.24, 2.45) is 0 Å². The number of anilines is 1. The quantitative estimate of drug-likeness (QED) is 0.136. The second-order valence-corrected chi connectivity index (χ2v) is 12.8. The average Bonchev–Trinajstić information content (AvgIpc) is 3.73. The van der Waals surface area contributed by atoms with Gasteiger partial charge in [-0.15, -0.1) is 0 Å². The highest BCUT2D eigenvalue weighted by atomic mass is 35.5. The first-order chi connectivity index (χ1) is 23.8. The maximum absolute atomic E-state index is 13.2. The van der Waals surface area contributed by atoms with Crippen molar-refractivity contribution in [3.8, 4) is 28.1 Å². The number of methoxy groups -OCH3 is 1. The molecule has 4 aromatic rings. The molecule has 2 fully saturated rings. The van der Waals surface area contributed by atoms with Gasteiger partial charge in [-0.1, -0.05) is 41.9 Å². The molecule has 2 aromatic carbocycles. The number of halogens is 1.